The van der Waals surface area contributed by atoms with Crippen LogP contribution in [0.15, 0.2) is 84.9 Å². The van der Waals surface area contributed by atoms with Crippen molar-refractivity contribution in [3.63, 3.8) is 0 Å². The van der Waals surface area contributed by atoms with E-state index in [1.165, 1.54) is 0 Å². The summed E-state index contributed by atoms with van der Waals surface area (Å²) in [6, 6.07) is 28.9. The third-order valence-electron chi connectivity index (χ3n) is 6.78. The first-order valence-corrected chi connectivity index (χ1v) is 13.3. The first kappa shape index (κ1) is 21.3. The monoisotopic (exact) mass is 504 g/mol. The van der Waals surface area contributed by atoms with Gasteiger partial charge in [-0.2, -0.15) is 0 Å². The van der Waals surface area contributed by atoms with E-state index in [1.807, 2.05) is 42.5 Å². The quantitative estimate of drug-likeness (QED) is 0.153. The van der Waals surface area contributed by atoms with Gasteiger partial charge in [0.25, 0.3) is 0 Å². The smallest absolute Gasteiger partial charge is 0.228 e. The van der Waals surface area contributed by atoms with E-state index in [2.05, 4.69) is 42.5 Å². The highest BCUT2D eigenvalue weighted by atomic mass is 32.1. The number of aromatic nitrogens is 2. The molecule has 0 N–H and O–H groups in total. The van der Waals surface area contributed by atoms with Crippen LogP contribution in [0, 0.1) is 0 Å². The van der Waals surface area contributed by atoms with Crippen molar-refractivity contribution in [2.45, 2.75) is 13.8 Å². The van der Waals surface area contributed by atoms with Crippen LogP contribution in [0.1, 0.15) is 23.4 Å². The maximum Gasteiger partial charge on any atom is 0.228 e. The van der Waals surface area contributed by atoms with Gasteiger partial charge in [-0.3, -0.25) is 18.7 Å². The Balaban J connectivity index is 1.72. The number of hydrogen-bond acceptors (Lipinski definition) is 4. The van der Waals surface area contributed by atoms with Gasteiger partial charge in [0, 0.05) is 24.6 Å². The average molecular weight is 505 g/mol. The second-order valence-electron chi connectivity index (χ2n) is 8.97. The van der Waals surface area contributed by atoms with E-state index < -0.39 is 0 Å². The molecule has 0 unspecified atom stereocenters. The SMILES string of the molecule is CC(=O)n1c2cc3c(cc2sc2c4ccccc4ccc21)sc1c2ccccc2ccc1n3C(C)=O. The topological polar surface area (TPSA) is 44.0 Å². The molecule has 0 bridgehead atoms. The fourth-order valence-corrected chi connectivity index (χ4v) is 7.74. The summed E-state index contributed by atoms with van der Waals surface area (Å²) in [7, 11) is 0. The highest BCUT2D eigenvalue weighted by Gasteiger charge is 2.17. The van der Waals surface area contributed by atoms with Gasteiger partial charge in [-0.05, 0) is 35.0 Å². The minimum absolute atomic E-state index is 0.0581. The zero-order chi connectivity index (χ0) is 24.6. The molecule has 0 atom stereocenters. The van der Waals surface area contributed by atoms with Crippen molar-refractivity contribution >= 4 is 96.9 Å². The number of carbonyl (C=O) groups excluding carboxylic acids is 2. The molecule has 0 fully saturated rings. The molecule has 6 heteroatoms. The molecule has 36 heavy (non-hydrogen) atoms. The van der Waals surface area contributed by atoms with Gasteiger partial charge in [0.05, 0.1) is 40.9 Å². The summed E-state index contributed by atoms with van der Waals surface area (Å²) in [6.45, 7) is 3.19. The van der Waals surface area contributed by atoms with E-state index >= 15 is 0 Å². The molecule has 2 heterocycles. The van der Waals surface area contributed by atoms with Crippen molar-refractivity contribution in [1.82, 2.24) is 9.13 Å². The molecule has 0 amide bonds. The number of carbonyl (C=O) groups is 2. The summed E-state index contributed by atoms with van der Waals surface area (Å²) >= 11 is 3.38. The fourth-order valence-electron chi connectivity index (χ4n) is 5.24. The van der Waals surface area contributed by atoms with Crippen LogP contribution in [-0.2, 0) is 0 Å². The molecule has 174 valence electrons. The highest BCUT2D eigenvalue weighted by molar-refractivity contribution is 7.27. The minimum Gasteiger partial charge on any atom is -0.278 e. The molecule has 7 aromatic rings. The Morgan fingerprint density at radius 1 is 0.556 bits per heavy atom. The maximum absolute atomic E-state index is 13.0. The van der Waals surface area contributed by atoms with Crippen LogP contribution in [0.4, 0.5) is 0 Å². The molecule has 0 aliphatic heterocycles. The van der Waals surface area contributed by atoms with Crippen LogP contribution >= 0.6 is 22.7 Å². The van der Waals surface area contributed by atoms with E-state index in [4.69, 9.17) is 0 Å². The Kier molecular flexibility index (Phi) is 4.58. The van der Waals surface area contributed by atoms with Gasteiger partial charge in [-0.25, -0.2) is 0 Å². The van der Waals surface area contributed by atoms with E-state index in [0.717, 1.165) is 62.4 Å². The second-order valence-corrected chi connectivity index (χ2v) is 11.1. The summed E-state index contributed by atoms with van der Waals surface area (Å²) in [5.41, 5.74) is 3.38. The number of benzene rings is 5. The Hall–Kier alpha value is -4.00. The predicted molar refractivity (Wildman–Crippen MR) is 153 cm³/mol. The fraction of sp³-hybridized carbons (Fsp3) is 0.0667. The lowest BCUT2D eigenvalue weighted by Gasteiger charge is -2.17. The molecule has 5 aromatic carbocycles. The lowest BCUT2D eigenvalue weighted by molar-refractivity contribution is 0.0938. The minimum atomic E-state index is -0.0581. The van der Waals surface area contributed by atoms with Crippen molar-refractivity contribution in [3.05, 3.63) is 84.9 Å². The normalized spacial score (nSPS) is 11.8. The Labute approximate surface area is 213 Å². The lowest BCUT2D eigenvalue weighted by Crippen LogP contribution is -2.11. The largest absolute Gasteiger partial charge is 0.278 e. The number of fused-ring (bicyclic) bond motifs is 8. The van der Waals surface area contributed by atoms with Crippen LogP contribution in [0.5, 0.6) is 0 Å². The third kappa shape index (κ3) is 2.98. The first-order chi connectivity index (χ1) is 17.5. The van der Waals surface area contributed by atoms with E-state index in [1.54, 1.807) is 45.7 Å². The molecular formula is C30H20N2O2S2. The molecule has 0 saturated carbocycles. The molecular weight excluding hydrogens is 484 g/mol. The van der Waals surface area contributed by atoms with E-state index in [9.17, 15) is 9.59 Å². The van der Waals surface area contributed by atoms with Gasteiger partial charge in [0.15, 0.2) is 0 Å². The maximum atomic E-state index is 13.0. The Morgan fingerprint density at radius 3 is 1.44 bits per heavy atom. The van der Waals surface area contributed by atoms with Gasteiger partial charge in [-0.1, -0.05) is 60.7 Å². The van der Waals surface area contributed by atoms with Crippen LogP contribution in [0.3, 0.4) is 0 Å². The summed E-state index contributed by atoms with van der Waals surface area (Å²) in [5.74, 6) is -0.116. The molecule has 4 nitrogen and oxygen atoms in total. The van der Waals surface area contributed by atoms with Crippen molar-refractivity contribution in [1.29, 1.82) is 0 Å². The average Bonchev–Trinajstić information content (AvgIpc) is 2.88. The van der Waals surface area contributed by atoms with Gasteiger partial charge in [0.1, 0.15) is 0 Å². The van der Waals surface area contributed by atoms with Crippen molar-refractivity contribution < 1.29 is 9.59 Å². The summed E-state index contributed by atoms with van der Waals surface area (Å²) < 4.78 is 7.73. The molecule has 0 saturated heterocycles. The molecule has 0 aliphatic rings. The van der Waals surface area contributed by atoms with Crippen LogP contribution < -0.4 is 0 Å². The Morgan fingerprint density at radius 2 is 1.00 bits per heavy atom. The molecule has 0 spiro atoms. The van der Waals surface area contributed by atoms with E-state index in [0.29, 0.717) is 0 Å². The number of hydrogen-bond donors (Lipinski definition) is 0. The molecule has 0 aliphatic carbocycles. The zero-order valence-electron chi connectivity index (χ0n) is 19.6. The number of nitrogens with zero attached hydrogens (tertiary/aromatic N) is 2. The molecule has 7 rings (SSSR count). The molecule has 2 aromatic heterocycles. The van der Waals surface area contributed by atoms with E-state index in [-0.39, 0.29) is 11.8 Å². The van der Waals surface area contributed by atoms with Gasteiger partial charge < -0.3 is 0 Å². The summed E-state index contributed by atoms with van der Waals surface area (Å²) in [6.07, 6.45) is 0. The summed E-state index contributed by atoms with van der Waals surface area (Å²) in [4.78, 5) is 26.0. The van der Waals surface area contributed by atoms with Gasteiger partial charge >= 0.3 is 0 Å². The third-order valence-corrected chi connectivity index (χ3v) is 9.14. The first-order valence-electron chi connectivity index (χ1n) is 11.7. The van der Waals surface area contributed by atoms with Gasteiger partial charge in [-0.15, -0.1) is 22.7 Å². The number of rotatable bonds is 0. The predicted octanol–water partition coefficient (Wildman–Crippen LogP) is 8.78. The van der Waals surface area contributed by atoms with Crippen molar-refractivity contribution in [2.24, 2.45) is 0 Å². The van der Waals surface area contributed by atoms with Crippen LogP contribution in [-0.4, -0.2) is 20.9 Å². The van der Waals surface area contributed by atoms with Crippen molar-refractivity contribution in [3.8, 4) is 0 Å². The standard InChI is InChI=1S/C30H20N2O2S2/c1-17(33)31-23-13-11-19-7-3-5-9-21(19)29(23)35-27-16-28-26(15-25(27)31)32(18(2)34)24-14-12-20-8-4-6-10-22(20)30(24)36-28/h3-16H,1-2H3. The van der Waals surface area contributed by atoms with Gasteiger partial charge in [0.2, 0.25) is 11.8 Å². The van der Waals surface area contributed by atoms with Crippen LogP contribution in [0.2, 0.25) is 0 Å². The highest BCUT2D eigenvalue weighted by Crippen LogP contribution is 2.39. The zero-order valence-corrected chi connectivity index (χ0v) is 21.2. The lowest BCUT2D eigenvalue weighted by atomic mass is 10.1. The second kappa shape index (κ2) is 7.75. The summed E-state index contributed by atoms with van der Waals surface area (Å²) in [5, 5.41) is 4.55. The Bertz CT molecular complexity index is 1970. The molecule has 0 radical (unpaired) electrons. The van der Waals surface area contributed by atoms with Crippen molar-refractivity contribution in [2.75, 3.05) is 0 Å². The van der Waals surface area contributed by atoms with Crippen LogP contribution in [0.25, 0.3) is 62.4 Å².